The third-order valence-electron chi connectivity index (χ3n) is 5.53. The highest BCUT2D eigenvalue weighted by Crippen LogP contribution is 2.37. The van der Waals surface area contributed by atoms with E-state index < -0.39 is 24.5 Å². The smallest absolute Gasteiger partial charge is 0.181 e. The van der Waals surface area contributed by atoms with Crippen LogP contribution in [0.2, 0.25) is 0 Å². The molecule has 0 radical (unpaired) electrons. The van der Waals surface area contributed by atoms with Gasteiger partial charge in [0.25, 0.3) is 0 Å². The van der Waals surface area contributed by atoms with Crippen molar-refractivity contribution in [3.63, 3.8) is 0 Å². The molecule has 0 bridgehead atoms. The van der Waals surface area contributed by atoms with E-state index in [9.17, 15) is 0 Å². The van der Waals surface area contributed by atoms with Crippen molar-refractivity contribution in [2.45, 2.75) is 37.7 Å². The van der Waals surface area contributed by atoms with E-state index in [1.165, 1.54) is 6.20 Å². The standard InChI is InChI=1S/C25H28FN5O3S/c1-35-25(28)31-23(27)24-29-12-18(30-24)21-20(26)22(33-14-17-10-6-3-7-11-17)19(34-21)15-32-13-16-8-4-2-5-9-16/h2-12,19-22H,13-15H2,1H3,(H,29,30)(H3,27,28,31)/t19-,20+,21+,22-/m1/s1. The second kappa shape index (κ2) is 12.1. The molecule has 8 nitrogen and oxygen atoms in total. The van der Waals surface area contributed by atoms with Crippen molar-refractivity contribution >= 4 is 22.8 Å². The minimum atomic E-state index is -1.46. The fraction of sp³-hybridized carbons (Fsp3) is 0.320. The van der Waals surface area contributed by atoms with Crippen LogP contribution >= 0.6 is 11.8 Å². The molecular weight excluding hydrogens is 469 g/mol. The average molecular weight is 498 g/mol. The van der Waals surface area contributed by atoms with Crippen LogP contribution in [0.5, 0.6) is 0 Å². The van der Waals surface area contributed by atoms with Gasteiger partial charge in [0.1, 0.15) is 18.3 Å². The van der Waals surface area contributed by atoms with Crippen molar-refractivity contribution in [2.75, 3.05) is 12.9 Å². The van der Waals surface area contributed by atoms with Crippen LogP contribution in [0.3, 0.4) is 0 Å². The van der Waals surface area contributed by atoms with E-state index in [4.69, 9.17) is 25.4 Å². The Labute approximate surface area is 207 Å². The number of aliphatic imine (C=N–C) groups is 1. The van der Waals surface area contributed by atoms with Crippen molar-refractivity contribution in [3.05, 3.63) is 89.5 Å². The topological polar surface area (TPSA) is 119 Å². The van der Waals surface area contributed by atoms with Crippen LogP contribution in [0.1, 0.15) is 28.7 Å². The summed E-state index contributed by atoms with van der Waals surface area (Å²) in [5.74, 6) is 0.295. The molecule has 1 aliphatic heterocycles. The molecule has 2 aromatic carbocycles. The number of alkyl halides is 1. The predicted molar refractivity (Wildman–Crippen MR) is 134 cm³/mol. The van der Waals surface area contributed by atoms with Gasteiger partial charge in [-0.1, -0.05) is 72.4 Å². The first kappa shape index (κ1) is 25.1. The Balaban J connectivity index is 1.47. The minimum Gasteiger partial charge on any atom is -0.381 e. The first-order chi connectivity index (χ1) is 17.0. The summed E-state index contributed by atoms with van der Waals surface area (Å²) >= 11 is 1.15. The highest BCUT2D eigenvalue weighted by molar-refractivity contribution is 8.13. The zero-order valence-electron chi connectivity index (χ0n) is 19.3. The van der Waals surface area contributed by atoms with Crippen molar-refractivity contribution in [2.24, 2.45) is 10.7 Å². The number of hydrogen-bond acceptors (Lipinski definition) is 6. The van der Waals surface area contributed by atoms with Crippen LogP contribution in [0, 0.1) is 5.41 Å². The van der Waals surface area contributed by atoms with Gasteiger partial charge in [-0.15, -0.1) is 0 Å². The summed E-state index contributed by atoms with van der Waals surface area (Å²) in [4.78, 5) is 11.1. The van der Waals surface area contributed by atoms with Gasteiger partial charge in [0.05, 0.1) is 31.7 Å². The van der Waals surface area contributed by atoms with Crippen LogP contribution in [0.4, 0.5) is 4.39 Å². The number of aromatic nitrogens is 2. The number of hydrogen-bond donors (Lipinski definition) is 3. The number of halogens is 1. The van der Waals surface area contributed by atoms with Gasteiger partial charge in [-0.05, 0) is 17.4 Å². The molecule has 1 aromatic heterocycles. The number of amidine groups is 2. The molecule has 1 saturated heterocycles. The van der Waals surface area contributed by atoms with E-state index in [1.54, 1.807) is 6.26 Å². The number of aromatic amines is 1. The summed E-state index contributed by atoms with van der Waals surface area (Å²) in [6.07, 6.45) is -0.653. The average Bonchev–Trinajstić information content (AvgIpc) is 3.49. The van der Waals surface area contributed by atoms with Gasteiger partial charge in [0.15, 0.2) is 23.0 Å². The molecule has 0 amide bonds. The van der Waals surface area contributed by atoms with Gasteiger partial charge in [-0.2, -0.15) is 0 Å². The van der Waals surface area contributed by atoms with E-state index in [2.05, 4.69) is 15.0 Å². The lowest BCUT2D eigenvalue weighted by atomic mass is 10.1. The second-order valence-corrected chi connectivity index (χ2v) is 8.79. The summed E-state index contributed by atoms with van der Waals surface area (Å²) in [7, 11) is 0. The molecule has 4 atom stereocenters. The molecule has 35 heavy (non-hydrogen) atoms. The molecule has 1 fully saturated rings. The maximum absolute atomic E-state index is 15.7. The first-order valence-corrected chi connectivity index (χ1v) is 12.4. The molecule has 0 aliphatic carbocycles. The van der Waals surface area contributed by atoms with Gasteiger partial charge in [-0.3, -0.25) is 5.41 Å². The van der Waals surface area contributed by atoms with E-state index in [1.807, 2.05) is 60.7 Å². The fourth-order valence-electron chi connectivity index (χ4n) is 3.75. The number of rotatable bonds is 9. The van der Waals surface area contributed by atoms with Crippen LogP contribution < -0.4 is 5.73 Å². The molecule has 1 aliphatic rings. The fourth-order valence-corrected chi connectivity index (χ4v) is 3.94. The molecule has 0 unspecified atom stereocenters. The zero-order valence-corrected chi connectivity index (χ0v) is 20.1. The SMILES string of the molecule is CSC(=N)N=C(N)c1ncc([C@@H]2O[C@H](COCc3ccccc3)[C@@H](OCc3ccccc3)[C@H]2F)[nH]1. The van der Waals surface area contributed by atoms with Crippen molar-refractivity contribution < 1.29 is 18.6 Å². The van der Waals surface area contributed by atoms with E-state index in [0.717, 1.165) is 22.9 Å². The summed E-state index contributed by atoms with van der Waals surface area (Å²) < 4.78 is 33.6. The lowest BCUT2D eigenvalue weighted by molar-refractivity contribution is -0.0740. The second-order valence-electron chi connectivity index (χ2n) is 7.99. The highest BCUT2D eigenvalue weighted by Gasteiger charge is 2.47. The Bertz CT molecular complexity index is 1130. The van der Waals surface area contributed by atoms with Crippen LogP contribution in [-0.2, 0) is 27.4 Å². The number of thioether (sulfide) groups is 1. The number of imidazole rings is 1. The monoisotopic (exact) mass is 497 g/mol. The number of nitrogens with two attached hydrogens (primary N) is 1. The van der Waals surface area contributed by atoms with E-state index >= 15 is 4.39 Å². The third kappa shape index (κ3) is 6.55. The molecule has 4 N–H and O–H groups in total. The lowest BCUT2D eigenvalue weighted by Crippen LogP contribution is -2.34. The van der Waals surface area contributed by atoms with Gasteiger partial charge in [0.2, 0.25) is 0 Å². The normalized spacial score (nSPS) is 22.4. The number of nitrogens with zero attached hydrogens (tertiary/aromatic N) is 2. The number of H-pyrrole nitrogens is 1. The predicted octanol–water partition coefficient (Wildman–Crippen LogP) is 3.99. The van der Waals surface area contributed by atoms with Gasteiger partial charge in [0, 0.05) is 0 Å². The molecule has 2 heterocycles. The van der Waals surface area contributed by atoms with Crippen LogP contribution in [0.25, 0.3) is 0 Å². The number of ether oxygens (including phenoxy) is 3. The summed E-state index contributed by atoms with van der Waals surface area (Å²) in [5.41, 5.74) is 8.30. The van der Waals surface area contributed by atoms with E-state index in [-0.39, 0.29) is 30.0 Å². The Morgan fingerprint density at radius 2 is 1.80 bits per heavy atom. The zero-order chi connectivity index (χ0) is 24.6. The molecule has 184 valence electrons. The van der Waals surface area contributed by atoms with Gasteiger partial charge >= 0.3 is 0 Å². The van der Waals surface area contributed by atoms with Gasteiger partial charge < -0.3 is 24.9 Å². The van der Waals surface area contributed by atoms with Crippen molar-refractivity contribution in [1.29, 1.82) is 5.41 Å². The highest BCUT2D eigenvalue weighted by atomic mass is 32.2. The summed E-state index contributed by atoms with van der Waals surface area (Å²) in [6.45, 7) is 0.804. The molecule has 4 rings (SSSR count). The molecule has 3 aromatic rings. The molecular formula is C25H28FN5O3S. The Morgan fingerprint density at radius 3 is 2.46 bits per heavy atom. The first-order valence-electron chi connectivity index (χ1n) is 11.1. The van der Waals surface area contributed by atoms with Crippen LogP contribution in [-0.4, -0.2) is 52.2 Å². The molecule has 0 spiro atoms. The third-order valence-corrected chi connectivity index (χ3v) is 6.01. The minimum absolute atomic E-state index is 0.0450. The maximum atomic E-state index is 15.7. The van der Waals surface area contributed by atoms with Crippen molar-refractivity contribution in [1.82, 2.24) is 9.97 Å². The van der Waals surface area contributed by atoms with Gasteiger partial charge in [-0.25, -0.2) is 14.4 Å². The molecule has 10 heteroatoms. The Kier molecular flexibility index (Phi) is 8.64. The quantitative estimate of drug-likeness (QED) is 0.304. The number of benzene rings is 2. The summed E-state index contributed by atoms with van der Waals surface area (Å²) in [6, 6.07) is 19.4. The van der Waals surface area contributed by atoms with Crippen LogP contribution in [0.15, 0.2) is 71.9 Å². The maximum Gasteiger partial charge on any atom is 0.181 e. The summed E-state index contributed by atoms with van der Waals surface area (Å²) in [5, 5.41) is 7.71. The largest absolute Gasteiger partial charge is 0.381 e. The van der Waals surface area contributed by atoms with E-state index in [0.29, 0.717) is 12.3 Å². The Morgan fingerprint density at radius 1 is 1.14 bits per heavy atom. The Hall–Kier alpha value is -3.05. The lowest BCUT2D eigenvalue weighted by Gasteiger charge is -2.20. The number of nitrogens with one attached hydrogen (secondary N) is 2. The molecule has 0 saturated carbocycles. The van der Waals surface area contributed by atoms with Crippen molar-refractivity contribution in [3.8, 4) is 0 Å².